The summed E-state index contributed by atoms with van der Waals surface area (Å²) in [5, 5.41) is 6.77. The number of hydrogen-bond acceptors (Lipinski definition) is 4. The number of amides is 1. The zero-order valence-electron chi connectivity index (χ0n) is 15.4. The summed E-state index contributed by atoms with van der Waals surface area (Å²) in [6.45, 7) is 10.7. The molecular weight excluding hydrogens is 292 g/mol. The Morgan fingerprint density at radius 2 is 1.83 bits per heavy atom. The third kappa shape index (κ3) is 6.30. The van der Waals surface area contributed by atoms with Gasteiger partial charge in [0.2, 0.25) is 0 Å². The molecule has 1 aliphatic carbocycles. The lowest BCUT2D eigenvalue weighted by atomic mass is 9.96. The van der Waals surface area contributed by atoms with Crippen LogP contribution < -0.4 is 10.6 Å². The highest BCUT2D eigenvalue weighted by Gasteiger charge is 2.32. The fraction of sp³-hybridized carbons (Fsp3) is 0.944. The summed E-state index contributed by atoms with van der Waals surface area (Å²) in [4.78, 5) is 11.8. The molecule has 1 saturated heterocycles. The highest BCUT2D eigenvalue weighted by molar-refractivity contribution is 5.67. The molecule has 2 aliphatic rings. The molecule has 2 N–H and O–H groups in total. The van der Waals surface area contributed by atoms with Crippen molar-refractivity contribution in [2.45, 2.75) is 96.6 Å². The van der Waals surface area contributed by atoms with Crippen molar-refractivity contribution in [3.05, 3.63) is 0 Å². The van der Waals surface area contributed by atoms with Crippen molar-refractivity contribution in [1.82, 2.24) is 10.6 Å². The number of alkyl carbamates (subject to hydrolysis) is 1. The third-order valence-corrected chi connectivity index (χ3v) is 4.71. The Labute approximate surface area is 140 Å². The lowest BCUT2D eigenvalue weighted by molar-refractivity contribution is -0.0441. The van der Waals surface area contributed by atoms with Crippen LogP contribution in [0.4, 0.5) is 4.79 Å². The van der Waals surface area contributed by atoms with E-state index in [9.17, 15) is 4.79 Å². The highest BCUT2D eigenvalue weighted by atomic mass is 16.6. The maximum atomic E-state index is 11.8. The van der Waals surface area contributed by atoms with Gasteiger partial charge >= 0.3 is 6.09 Å². The summed E-state index contributed by atoms with van der Waals surface area (Å²) < 4.78 is 11.1. The first kappa shape index (κ1) is 18.5. The summed E-state index contributed by atoms with van der Waals surface area (Å²) in [7, 11) is 0. The van der Waals surface area contributed by atoms with E-state index < -0.39 is 5.60 Å². The van der Waals surface area contributed by atoms with Gasteiger partial charge in [-0.3, -0.25) is 0 Å². The lowest BCUT2D eigenvalue weighted by Crippen LogP contribution is -2.48. The molecule has 2 fully saturated rings. The van der Waals surface area contributed by atoms with Crippen LogP contribution in [0, 0.1) is 5.92 Å². The van der Waals surface area contributed by atoms with Crippen molar-refractivity contribution in [1.29, 1.82) is 0 Å². The van der Waals surface area contributed by atoms with Gasteiger partial charge in [-0.05, 0) is 66.2 Å². The monoisotopic (exact) mass is 326 g/mol. The quantitative estimate of drug-likeness (QED) is 0.833. The first-order valence-electron chi connectivity index (χ1n) is 9.11. The van der Waals surface area contributed by atoms with E-state index in [1.54, 1.807) is 0 Å². The zero-order chi connectivity index (χ0) is 17.0. The van der Waals surface area contributed by atoms with Gasteiger partial charge in [0.25, 0.3) is 0 Å². The summed E-state index contributed by atoms with van der Waals surface area (Å²) in [5.41, 5.74) is -0.439. The van der Waals surface area contributed by atoms with E-state index >= 15 is 0 Å². The maximum absolute atomic E-state index is 11.8. The standard InChI is InChI=1S/C18H34N2O3/c1-12-9-15(10-13(2)22-12)20-16-8-6-7-14(16)11-19-17(21)23-18(3,4)5/h12-16,20H,6-11H2,1-5H3,(H,19,21). The van der Waals surface area contributed by atoms with Gasteiger partial charge in [-0.15, -0.1) is 0 Å². The molecule has 0 aromatic carbocycles. The molecule has 1 amide bonds. The van der Waals surface area contributed by atoms with Crippen LogP contribution in [0.25, 0.3) is 0 Å². The smallest absolute Gasteiger partial charge is 0.407 e. The van der Waals surface area contributed by atoms with Crippen molar-refractivity contribution >= 4 is 6.09 Å². The Morgan fingerprint density at radius 3 is 2.43 bits per heavy atom. The fourth-order valence-electron chi connectivity index (χ4n) is 3.87. The van der Waals surface area contributed by atoms with E-state index in [2.05, 4.69) is 24.5 Å². The summed E-state index contributed by atoms with van der Waals surface area (Å²) in [5.74, 6) is 0.496. The number of hydrogen-bond donors (Lipinski definition) is 2. The van der Waals surface area contributed by atoms with E-state index in [0.29, 0.717) is 36.8 Å². The minimum absolute atomic E-state index is 0.309. The number of ether oxygens (including phenoxy) is 2. The highest BCUT2D eigenvalue weighted by Crippen LogP contribution is 2.28. The molecule has 0 aromatic heterocycles. The van der Waals surface area contributed by atoms with E-state index in [1.807, 2.05) is 20.8 Å². The SMILES string of the molecule is CC1CC(NC2CCCC2CNC(=O)OC(C)(C)C)CC(C)O1. The Morgan fingerprint density at radius 1 is 1.17 bits per heavy atom. The second-order valence-corrected chi connectivity index (χ2v) is 8.27. The molecular formula is C18H34N2O3. The maximum Gasteiger partial charge on any atom is 0.407 e. The number of rotatable bonds is 4. The van der Waals surface area contributed by atoms with Gasteiger partial charge in [-0.2, -0.15) is 0 Å². The molecule has 4 atom stereocenters. The number of nitrogens with one attached hydrogen (secondary N) is 2. The average Bonchev–Trinajstić information content (AvgIpc) is 2.80. The average molecular weight is 326 g/mol. The first-order valence-corrected chi connectivity index (χ1v) is 9.11. The van der Waals surface area contributed by atoms with Gasteiger partial charge < -0.3 is 20.1 Å². The molecule has 134 valence electrons. The molecule has 23 heavy (non-hydrogen) atoms. The second-order valence-electron chi connectivity index (χ2n) is 8.27. The molecule has 0 aromatic rings. The van der Waals surface area contributed by atoms with Crippen LogP contribution in [0.2, 0.25) is 0 Å². The topological polar surface area (TPSA) is 59.6 Å². The predicted molar refractivity (Wildman–Crippen MR) is 91.5 cm³/mol. The summed E-state index contributed by atoms with van der Waals surface area (Å²) in [6.07, 6.45) is 6.10. The van der Waals surface area contributed by atoms with E-state index in [0.717, 1.165) is 12.8 Å². The van der Waals surface area contributed by atoms with Crippen molar-refractivity contribution in [2.24, 2.45) is 5.92 Å². The van der Waals surface area contributed by atoms with Crippen LogP contribution in [0.1, 0.15) is 66.7 Å². The van der Waals surface area contributed by atoms with Crippen LogP contribution in [-0.4, -0.2) is 42.5 Å². The molecule has 1 heterocycles. The van der Waals surface area contributed by atoms with E-state index in [1.165, 1.54) is 19.3 Å². The largest absolute Gasteiger partial charge is 0.444 e. The van der Waals surface area contributed by atoms with Crippen LogP contribution in [0.15, 0.2) is 0 Å². The zero-order valence-corrected chi connectivity index (χ0v) is 15.4. The molecule has 5 heteroatoms. The van der Waals surface area contributed by atoms with Crippen molar-refractivity contribution < 1.29 is 14.3 Å². The Bertz CT molecular complexity index is 384. The Kier molecular flexibility index (Phi) is 6.32. The van der Waals surface area contributed by atoms with Crippen molar-refractivity contribution in [3.8, 4) is 0 Å². The number of carbonyl (C=O) groups is 1. The van der Waals surface area contributed by atoms with Crippen molar-refractivity contribution in [3.63, 3.8) is 0 Å². The molecule has 1 saturated carbocycles. The van der Waals surface area contributed by atoms with Gasteiger partial charge in [-0.25, -0.2) is 4.79 Å². The minimum Gasteiger partial charge on any atom is -0.444 e. The van der Waals surface area contributed by atoms with Crippen LogP contribution in [-0.2, 0) is 9.47 Å². The lowest BCUT2D eigenvalue weighted by Gasteiger charge is -2.35. The first-order chi connectivity index (χ1) is 10.7. The van der Waals surface area contributed by atoms with E-state index in [-0.39, 0.29) is 6.09 Å². The van der Waals surface area contributed by atoms with Crippen molar-refractivity contribution in [2.75, 3.05) is 6.54 Å². The van der Waals surface area contributed by atoms with E-state index in [4.69, 9.17) is 9.47 Å². The molecule has 0 radical (unpaired) electrons. The van der Waals surface area contributed by atoms with Gasteiger partial charge in [0.15, 0.2) is 0 Å². The van der Waals surface area contributed by atoms with Crippen LogP contribution >= 0.6 is 0 Å². The molecule has 0 spiro atoms. The third-order valence-electron chi connectivity index (χ3n) is 4.71. The van der Waals surface area contributed by atoms with Gasteiger partial charge in [-0.1, -0.05) is 6.42 Å². The molecule has 1 aliphatic heterocycles. The molecule has 0 bridgehead atoms. The molecule has 4 unspecified atom stereocenters. The summed E-state index contributed by atoms with van der Waals surface area (Å²) in [6, 6.07) is 1.02. The van der Waals surface area contributed by atoms with Crippen LogP contribution in [0.5, 0.6) is 0 Å². The van der Waals surface area contributed by atoms with Gasteiger partial charge in [0, 0.05) is 18.6 Å². The summed E-state index contributed by atoms with van der Waals surface area (Å²) >= 11 is 0. The Balaban J connectivity index is 1.77. The number of carbonyl (C=O) groups excluding carboxylic acids is 1. The van der Waals surface area contributed by atoms with Gasteiger partial charge in [0.1, 0.15) is 5.60 Å². The Hall–Kier alpha value is -0.810. The fourth-order valence-corrected chi connectivity index (χ4v) is 3.87. The van der Waals surface area contributed by atoms with Gasteiger partial charge in [0.05, 0.1) is 12.2 Å². The predicted octanol–water partition coefficient (Wildman–Crippen LogP) is 3.23. The normalized spacial score (nSPS) is 35.1. The minimum atomic E-state index is -0.439. The molecule has 2 rings (SSSR count). The molecule has 5 nitrogen and oxygen atoms in total. The second kappa shape index (κ2) is 7.84. The van der Waals surface area contributed by atoms with Crippen LogP contribution in [0.3, 0.4) is 0 Å².